The van der Waals surface area contributed by atoms with Crippen LogP contribution in [-0.4, -0.2) is 25.8 Å². The van der Waals surface area contributed by atoms with E-state index in [1.54, 1.807) is 31.5 Å². The maximum absolute atomic E-state index is 11.9. The standard InChI is InChI=1S/C22H20N2O4/c1-26-20-9-5-6-10-21(20)27-16-22(25)24-23-15-17-11-13-19(14-12-17)28-18-7-3-2-4-8-18/h2-15H,16H2,1H3,(H,24,25)/b23-15-. The van der Waals surface area contributed by atoms with E-state index in [2.05, 4.69) is 10.5 Å². The molecule has 0 saturated heterocycles. The second kappa shape index (κ2) is 9.78. The van der Waals surface area contributed by atoms with Crippen molar-refractivity contribution in [3.8, 4) is 23.0 Å². The molecular weight excluding hydrogens is 356 g/mol. The number of methoxy groups -OCH3 is 1. The molecule has 1 N–H and O–H groups in total. The second-order valence-electron chi connectivity index (χ2n) is 5.72. The molecule has 0 aromatic heterocycles. The SMILES string of the molecule is COc1ccccc1OCC(=O)N/N=C\c1ccc(Oc2ccccc2)cc1. The van der Waals surface area contributed by atoms with Gasteiger partial charge in [0, 0.05) is 0 Å². The highest BCUT2D eigenvalue weighted by atomic mass is 16.5. The van der Waals surface area contributed by atoms with Crippen LogP contribution in [0.4, 0.5) is 0 Å². The number of carbonyl (C=O) groups is 1. The summed E-state index contributed by atoms with van der Waals surface area (Å²) >= 11 is 0. The van der Waals surface area contributed by atoms with Gasteiger partial charge in [0.25, 0.3) is 5.91 Å². The van der Waals surface area contributed by atoms with Crippen molar-refractivity contribution in [2.75, 3.05) is 13.7 Å². The summed E-state index contributed by atoms with van der Waals surface area (Å²) in [4.78, 5) is 11.9. The van der Waals surface area contributed by atoms with Crippen molar-refractivity contribution in [3.05, 3.63) is 84.4 Å². The molecule has 6 heteroatoms. The summed E-state index contributed by atoms with van der Waals surface area (Å²) < 4.78 is 16.3. The third-order valence-corrected chi connectivity index (χ3v) is 3.69. The summed E-state index contributed by atoms with van der Waals surface area (Å²) in [6, 6.07) is 24.0. The van der Waals surface area contributed by atoms with Gasteiger partial charge in [-0.1, -0.05) is 30.3 Å². The van der Waals surface area contributed by atoms with E-state index in [1.165, 1.54) is 0 Å². The molecule has 0 aliphatic rings. The van der Waals surface area contributed by atoms with Crippen LogP contribution in [0.1, 0.15) is 5.56 Å². The van der Waals surface area contributed by atoms with Gasteiger partial charge in [0.2, 0.25) is 0 Å². The predicted octanol–water partition coefficient (Wildman–Crippen LogP) is 4.02. The van der Waals surface area contributed by atoms with E-state index in [0.29, 0.717) is 11.5 Å². The third-order valence-electron chi connectivity index (χ3n) is 3.69. The number of nitrogens with zero attached hydrogens (tertiary/aromatic N) is 1. The molecule has 0 aliphatic heterocycles. The maximum atomic E-state index is 11.9. The van der Waals surface area contributed by atoms with E-state index in [9.17, 15) is 4.79 Å². The molecular formula is C22H20N2O4. The van der Waals surface area contributed by atoms with Crippen LogP contribution in [0.5, 0.6) is 23.0 Å². The minimum Gasteiger partial charge on any atom is -0.493 e. The van der Waals surface area contributed by atoms with Gasteiger partial charge in [-0.15, -0.1) is 0 Å². The lowest BCUT2D eigenvalue weighted by Crippen LogP contribution is -2.24. The number of amides is 1. The zero-order valence-corrected chi connectivity index (χ0v) is 15.4. The summed E-state index contributed by atoms with van der Waals surface area (Å²) in [6.45, 7) is -0.165. The summed E-state index contributed by atoms with van der Waals surface area (Å²) in [6.07, 6.45) is 1.55. The second-order valence-corrected chi connectivity index (χ2v) is 5.72. The number of benzene rings is 3. The average molecular weight is 376 g/mol. The number of hydrogen-bond acceptors (Lipinski definition) is 5. The Balaban J connectivity index is 1.46. The van der Waals surface area contributed by atoms with Gasteiger partial charge >= 0.3 is 0 Å². The molecule has 0 aliphatic carbocycles. The van der Waals surface area contributed by atoms with Gasteiger partial charge in [0.15, 0.2) is 18.1 Å². The Kier molecular flexibility index (Phi) is 6.62. The monoisotopic (exact) mass is 376 g/mol. The lowest BCUT2D eigenvalue weighted by Gasteiger charge is -2.09. The van der Waals surface area contributed by atoms with Crippen molar-refractivity contribution < 1.29 is 19.0 Å². The van der Waals surface area contributed by atoms with Gasteiger partial charge in [-0.25, -0.2) is 5.43 Å². The molecule has 142 valence electrons. The van der Waals surface area contributed by atoms with Gasteiger partial charge in [-0.3, -0.25) is 4.79 Å². The van der Waals surface area contributed by atoms with Crippen LogP contribution in [0.15, 0.2) is 84.0 Å². The molecule has 3 aromatic rings. The van der Waals surface area contributed by atoms with E-state index in [4.69, 9.17) is 14.2 Å². The summed E-state index contributed by atoms with van der Waals surface area (Å²) in [7, 11) is 1.54. The highest BCUT2D eigenvalue weighted by molar-refractivity contribution is 5.83. The highest BCUT2D eigenvalue weighted by Crippen LogP contribution is 2.25. The van der Waals surface area contributed by atoms with Gasteiger partial charge in [0.05, 0.1) is 13.3 Å². The maximum Gasteiger partial charge on any atom is 0.277 e. The van der Waals surface area contributed by atoms with Crippen LogP contribution in [0, 0.1) is 0 Å². The first-order valence-corrected chi connectivity index (χ1v) is 8.65. The fourth-order valence-electron chi connectivity index (χ4n) is 2.34. The van der Waals surface area contributed by atoms with Crippen molar-refractivity contribution >= 4 is 12.1 Å². The molecule has 0 atom stereocenters. The fraction of sp³-hybridized carbons (Fsp3) is 0.0909. The lowest BCUT2D eigenvalue weighted by atomic mass is 10.2. The number of hydrogen-bond donors (Lipinski definition) is 1. The normalized spacial score (nSPS) is 10.5. The van der Waals surface area contributed by atoms with Crippen molar-refractivity contribution in [1.29, 1.82) is 0 Å². The van der Waals surface area contributed by atoms with E-state index in [-0.39, 0.29) is 12.5 Å². The molecule has 0 radical (unpaired) electrons. The third kappa shape index (κ3) is 5.60. The van der Waals surface area contributed by atoms with E-state index < -0.39 is 0 Å². The number of nitrogens with one attached hydrogen (secondary N) is 1. The molecule has 0 bridgehead atoms. The molecule has 1 amide bonds. The van der Waals surface area contributed by atoms with Crippen LogP contribution in [0.3, 0.4) is 0 Å². The topological polar surface area (TPSA) is 69.2 Å². The molecule has 28 heavy (non-hydrogen) atoms. The van der Waals surface area contributed by atoms with Crippen LogP contribution in [-0.2, 0) is 4.79 Å². The number of para-hydroxylation sites is 3. The van der Waals surface area contributed by atoms with Crippen LogP contribution >= 0.6 is 0 Å². The Bertz CT molecular complexity index is 925. The van der Waals surface area contributed by atoms with E-state index >= 15 is 0 Å². The number of ether oxygens (including phenoxy) is 3. The number of carbonyl (C=O) groups excluding carboxylic acids is 1. The van der Waals surface area contributed by atoms with Crippen LogP contribution < -0.4 is 19.6 Å². The van der Waals surface area contributed by atoms with Gasteiger partial charge in [-0.05, 0) is 54.1 Å². The Morgan fingerprint density at radius 2 is 1.54 bits per heavy atom. The van der Waals surface area contributed by atoms with Gasteiger partial charge in [0.1, 0.15) is 11.5 Å². The van der Waals surface area contributed by atoms with Gasteiger partial charge in [-0.2, -0.15) is 5.10 Å². The fourth-order valence-corrected chi connectivity index (χ4v) is 2.34. The summed E-state index contributed by atoms with van der Waals surface area (Å²) in [5.41, 5.74) is 3.25. The first-order valence-electron chi connectivity index (χ1n) is 8.65. The first-order chi connectivity index (χ1) is 13.7. The Hall–Kier alpha value is -3.80. The smallest absolute Gasteiger partial charge is 0.277 e. The molecule has 3 aromatic carbocycles. The Labute approximate surface area is 163 Å². The van der Waals surface area contributed by atoms with Crippen molar-refractivity contribution in [3.63, 3.8) is 0 Å². The summed E-state index contributed by atoms with van der Waals surface area (Å²) in [5, 5.41) is 3.93. The quantitative estimate of drug-likeness (QED) is 0.476. The molecule has 0 spiro atoms. The first kappa shape index (κ1) is 19.0. The minimum atomic E-state index is -0.369. The molecule has 0 unspecified atom stereocenters. The largest absolute Gasteiger partial charge is 0.493 e. The zero-order valence-electron chi connectivity index (χ0n) is 15.4. The van der Waals surface area contributed by atoms with E-state index in [1.807, 2.05) is 60.7 Å². The number of rotatable bonds is 8. The molecule has 3 rings (SSSR count). The van der Waals surface area contributed by atoms with Crippen molar-refractivity contribution in [2.45, 2.75) is 0 Å². The van der Waals surface area contributed by atoms with Crippen LogP contribution in [0.2, 0.25) is 0 Å². The molecule has 0 saturated carbocycles. The predicted molar refractivity (Wildman–Crippen MR) is 107 cm³/mol. The highest BCUT2D eigenvalue weighted by Gasteiger charge is 2.05. The Morgan fingerprint density at radius 1 is 0.893 bits per heavy atom. The average Bonchev–Trinajstić information content (AvgIpc) is 2.74. The lowest BCUT2D eigenvalue weighted by molar-refractivity contribution is -0.123. The zero-order chi connectivity index (χ0) is 19.6. The van der Waals surface area contributed by atoms with Crippen molar-refractivity contribution in [2.24, 2.45) is 5.10 Å². The van der Waals surface area contributed by atoms with E-state index in [0.717, 1.165) is 17.1 Å². The molecule has 0 heterocycles. The summed E-state index contributed by atoms with van der Waals surface area (Å²) in [5.74, 6) is 2.18. The minimum absolute atomic E-state index is 0.165. The molecule has 6 nitrogen and oxygen atoms in total. The number of hydrazone groups is 1. The Morgan fingerprint density at radius 3 is 2.25 bits per heavy atom. The molecule has 0 fully saturated rings. The van der Waals surface area contributed by atoms with Gasteiger partial charge < -0.3 is 14.2 Å². The van der Waals surface area contributed by atoms with Crippen LogP contribution in [0.25, 0.3) is 0 Å². The van der Waals surface area contributed by atoms with Crippen molar-refractivity contribution in [1.82, 2.24) is 5.43 Å².